The fraction of sp³-hybridized carbons (Fsp3) is 0.909. The second kappa shape index (κ2) is 5.38. The van der Waals surface area contributed by atoms with E-state index in [-0.39, 0.29) is 19.4 Å². The molecule has 0 heterocycles. The van der Waals surface area contributed by atoms with Gasteiger partial charge >= 0.3 is 0 Å². The van der Waals surface area contributed by atoms with Gasteiger partial charge in [-0.15, -0.1) is 0 Å². The Morgan fingerprint density at radius 1 is 1.23 bits per heavy atom. The molecule has 0 radical (unpaired) electrons. The van der Waals surface area contributed by atoms with E-state index in [0.717, 1.165) is 10.9 Å². The summed E-state index contributed by atoms with van der Waals surface area (Å²) >= 11 is 0. The molecule has 0 fully saturated rings. The quantitative estimate of drug-likeness (QED) is 0.619. The molecular weight excluding hydrogens is 162 g/mol. The Bertz CT molecular complexity index is 156. The molecule has 1 atom stereocenters. The molecule has 0 aliphatic heterocycles. The fourth-order valence-corrected chi connectivity index (χ4v) is 1.52. The minimum atomic E-state index is 0. The van der Waals surface area contributed by atoms with Crippen molar-refractivity contribution in [3.63, 3.8) is 0 Å². The van der Waals surface area contributed by atoms with Crippen LogP contribution in [0.1, 0.15) is 34.6 Å². The molecule has 0 saturated carbocycles. The SMILES string of the molecule is C.CCC(C(=O)C(C)C)[N+](C)(C)C. The van der Waals surface area contributed by atoms with Crippen LogP contribution in [0.4, 0.5) is 0 Å². The highest BCUT2D eigenvalue weighted by Crippen LogP contribution is 2.13. The zero-order valence-corrected chi connectivity index (χ0v) is 9.22. The maximum Gasteiger partial charge on any atom is 0.192 e. The minimum absolute atomic E-state index is 0. The van der Waals surface area contributed by atoms with Crippen molar-refractivity contribution in [3.05, 3.63) is 0 Å². The number of nitrogens with zero attached hydrogens (tertiary/aromatic N) is 1. The van der Waals surface area contributed by atoms with Crippen molar-refractivity contribution in [3.8, 4) is 0 Å². The zero-order chi connectivity index (χ0) is 9.94. The van der Waals surface area contributed by atoms with Crippen molar-refractivity contribution >= 4 is 5.78 Å². The van der Waals surface area contributed by atoms with E-state index in [1.165, 1.54) is 0 Å². The first-order valence-electron chi connectivity index (χ1n) is 4.65. The molecule has 2 nitrogen and oxygen atoms in total. The molecule has 1 unspecified atom stereocenters. The van der Waals surface area contributed by atoms with Crippen molar-refractivity contribution in [2.75, 3.05) is 21.1 Å². The Kier molecular flexibility index (Phi) is 6.26. The van der Waals surface area contributed by atoms with Crippen molar-refractivity contribution in [1.29, 1.82) is 0 Å². The molecule has 0 N–H and O–H groups in total. The summed E-state index contributed by atoms with van der Waals surface area (Å²) in [6.45, 7) is 6.02. The molecule has 0 aliphatic carbocycles. The van der Waals surface area contributed by atoms with Crippen molar-refractivity contribution in [2.24, 2.45) is 5.92 Å². The molecular formula is C11H26NO+. The van der Waals surface area contributed by atoms with Gasteiger partial charge in [0.15, 0.2) is 5.78 Å². The zero-order valence-electron chi connectivity index (χ0n) is 9.22. The average molecular weight is 188 g/mol. The van der Waals surface area contributed by atoms with Gasteiger partial charge in [0, 0.05) is 12.3 Å². The number of hydrogen-bond donors (Lipinski definition) is 0. The number of rotatable bonds is 4. The van der Waals surface area contributed by atoms with Crippen LogP contribution in [-0.4, -0.2) is 37.5 Å². The number of hydrogen-bond acceptors (Lipinski definition) is 1. The van der Waals surface area contributed by atoms with Crippen LogP contribution in [0.3, 0.4) is 0 Å². The summed E-state index contributed by atoms with van der Waals surface area (Å²) in [5, 5.41) is 0. The normalized spacial score (nSPS) is 13.8. The lowest BCUT2D eigenvalue weighted by atomic mass is 9.98. The van der Waals surface area contributed by atoms with Crippen molar-refractivity contribution < 1.29 is 9.28 Å². The van der Waals surface area contributed by atoms with Gasteiger partial charge in [-0.05, 0) is 0 Å². The summed E-state index contributed by atoms with van der Waals surface area (Å²) in [6, 6.07) is 0.157. The van der Waals surface area contributed by atoms with Gasteiger partial charge in [0.25, 0.3) is 0 Å². The van der Waals surface area contributed by atoms with E-state index < -0.39 is 0 Å². The van der Waals surface area contributed by atoms with Crippen LogP contribution >= 0.6 is 0 Å². The second-order valence-corrected chi connectivity index (χ2v) is 4.60. The minimum Gasteiger partial charge on any atom is -0.322 e. The van der Waals surface area contributed by atoms with Gasteiger partial charge in [0.1, 0.15) is 6.04 Å². The first-order valence-corrected chi connectivity index (χ1v) is 4.65. The lowest BCUT2D eigenvalue weighted by molar-refractivity contribution is -0.886. The first-order chi connectivity index (χ1) is 5.30. The van der Waals surface area contributed by atoms with Gasteiger partial charge in [0.05, 0.1) is 21.1 Å². The number of ketones is 1. The predicted molar refractivity (Wildman–Crippen MR) is 58.7 cm³/mol. The molecule has 13 heavy (non-hydrogen) atoms. The molecule has 0 saturated heterocycles. The van der Waals surface area contributed by atoms with Gasteiger partial charge in [-0.2, -0.15) is 0 Å². The van der Waals surface area contributed by atoms with Crippen LogP contribution in [0.25, 0.3) is 0 Å². The van der Waals surface area contributed by atoms with E-state index in [1.807, 2.05) is 13.8 Å². The van der Waals surface area contributed by atoms with Crippen LogP contribution in [0.2, 0.25) is 0 Å². The Morgan fingerprint density at radius 3 is 1.69 bits per heavy atom. The molecule has 0 rings (SSSR count). The van der Waals surface area contributed by atoms with Gasteiger partial charge in [-0.3, -0.25) is 4.79 Å². The average Bonchev–Trinajstić information content (AvgIpc) is 1.85. The Hall–Kier alpha value is -0.370. The largest absolute Gasteiger partial charge is 0.322 e. The molecule has 0 spiro atoms. The Balaban J connectivity index is 0. The summed E-state index contributed by atoms with van der Waals surface area (Å²) in [7, 11) is 6.23. The molecule has 0 aromatic rings. The van der Waals surface area contributed by atoms with E-state index in [1.54, 1.807) is 0 Å². The van der Waals surface area contributed by atoms with E-state index in [0.29, 0.717) is 5.78 Å². The fourth-order valence-electron chi connectivity index (χ4n) is 1.52. The highest BCUT2D eigenvalue weighted by Gasteiger charge is 2.30. The molecule has 0 bridgehead atoms. The second-order valence-electron chi connectivity index (χ2n) is 4.60. The van der Waals surface area contributed by atoms with Crippen molar-refractivity contribution in [2.45, 2.75) is 40.7 Å². The van der Waals surface area contributed by atoms with Crippen LogP contribution < -0.4 is 0 Å². The molecule has 2 heteroatoms. The van der Waals surface area contributed by atoms with Crippen LogP contribution in [0.5, 0.6) is 0 Å². The number of carbonyl (C=O) groups is 1. The maximum atomic E-state index is 11.7. The number of carbonyl (C=O) groups excluding carboxylic acids is 1. The highest BCUT2D eigenvalue weighted by atomic mass is 16.1. The molecule has 0 aromatic heterocycles. The lowest BCUT2D eigenvalue weighted by Crippen LogP contribution is -2.50. The summed E-state index contributed by atoms with van der Waals surface area (Å²) in [6.07, 6.45) is 0.931. The lowest BCUT2D eigenvalue weighted by Gasteiger charge is -2.33. The predicted octanol–water partition coefficient (Wildman–Crippen LogP) is 2.33. The maximum absolute atomic E-state index is 11.7. The highest BCUT2D eigenvalue weighted by molar-refractivity contribution is 5.84. The summed E-state index contributed by atoms with van der Waals surface area (Å²) < 4.78 is 0.744. The van der Waals surface area contributed by atoms with Crippen LogP contribution in [-0.2, 0) is 4.79 Å². The standard InChI is InChI=1S/C10H22NO.CH4/c1-7-9(11(4,5)6)10(12)8(2)3;/h8-9H,7H2,1-6H3;1H4/q+1;. The van der Waals surface area contributed by atoms with Crippen molar-refractivity contribution in [1.82, 2.24) is 0 Å². The summed E-state index contributed by atoms with van der Waals surface area (Å²) in [4.78, 5) is 11.7. The van der Waals surface area contributed by atoms with E-state index in [2.05, 4.69) is 28.1 Å². The van der Waals surface area contributed by atoms with Gasteiger partial charge in [-0.25, -0.2) is 0 Å². The Morgan fingerprint density at radius 2 is 1.62 bits per heavy atom. The number of likely N-dealkylation sites (N-methyl/N-ethyl adjacent to an activating group) is 1. The molecule has 80 valence electrons. The first kappa shape index (κ1) is 15.1. The number of Topliss-reactive ketones (excluding diaryl/α,β-unsaturated/α-hetero) is 1. The smallest absolute Gasteiger partial charge is 0.192 e. The summed E-state index contributed by atoms with van der Waals surface area (Å²) in [5.41, 5.74) is 0. The Labute approximate surface area is 83.5 Å². The van der Waals surface area contributed by atoms with Gasteiger partial charge in [-0.1, -0.05) is 28.2 Å². The number of quaternary nitrogens is 1. The van der Waals surface area contributed by atoms with Crippen LogP contribution in [0, 0.1) is 5.92 Å². The van der Waals surface area contributed by atoms with E-state index in [4.69, 9.17) is 0 Å². The summed E-state index contributed by atoms with van der Waals surface area (Å²) in [5.74, 6) is 0.539. The van der Waals surface area contributed by atoms with Gasteiger partial charge in [0.2, 0.25) is 0 Å². The molecule has 0 aromatic carbocycles. The van der Waals surface area contributed by atoms with E-state index in [9.17, 15) is 4.79 Å². The molecule has 0 aliphatic rings. The third-order valence-electron chi connectivity index (χ3n) is 2.22. The molecule has 0 amide bonds. The van der Waals surface area contributed by atoms with Gasteiger partial charge < -0.3 is 4.48 Å². The topological polar surface area (TPSA) is 17.1 Å². The van der Waals surface area contributed by atoms with Crippen LogP contribution in [0.15, 0.2) is 0 Å². The van der Waals surface area contributed by atoms with E-state index >= 15 is 0 Å². The monoisotopic (exact) mass is 188 g/mol. The third-order valence-corrected chi connectivity index (χ3v) is 2.22. The third kappa shape index (κ3) is 4.41.